The molecule has 1 rings (SSSR count). The van der Waals surface area contributed by atoms with Crippen molar-refractivity contribution in [2.75, 3.05) is 0 Å². The molecule has 0 spiro atoms. The van der Waals surface area contributed by atoms with Crippen molar-refractivity contribution >= 4 is 0 Å². The largest absolute Gasteiger partial charge is 0.325 e. The van der Waals surface area contributed by atoms with Crippen molar-refractivity contribution in [3.05, 3.63) is 0 Å². The first-order valence-electron chi connectivity index (χ1n) is 4.31. The first-order chi connectivity index (χ1) is 5.86. The van der Waals surface area contributed by atoms with Crippen molar-refractivity contribution in [3.63, 3.8) is 0 Å². The minimum Gasteiger partial charge on any atom is -0.325 e. The molecule has 0 aromatic rings. The highest BCUT2D eigenvalue weighted by Crippen LogP contribution is 2.38. The van der Waals surface area contributed by atoms with Crippen LogP contribution in [0.4, 0.5) is 17.6 Å². The van der Waals surface area contributed by atoms with Gasteiger partial charge in [-0.05, 0) is 12.8 Å². The molecule has 0 aromatic heterocycles. The monoisotopic (exact) mass is 199 g/mol. The zero-order valence-corrected chi connectivity index (χ0v) is 7.20. The molecule has 2 N–H and O–H groups in total. The van der Waals surface area contributed by atoms with Gasteiger partial charge < -0.3 is 5.73 Å². The lowest BCUT2D eigenvalue weighted by Crippen LogP contribution is -2.45. The van der Waals surface area contributed by atoms with E-state index in [1.807, 2.05) is 0 Å². The Morgan fingerprint density at radius 2 is 1.69 bits per heavy atom. The Kier molecular flexibility index (Phi) is 2.85. The van der Waals surface area contributed by atoms with Gasteiger partial charge in [0.15, 0.2) is 0 Å². The van der Waals surface area contributed by atoms with E-state index in [0.717, 1.165) is 12.8 Å². The Bertz CT molecular complexity index is 172. The first kappa shape index (κ1) is 10.8. The van der Waals surface area contributed by atoms with Crippen LogP contribution in [-0.4, -0.2) is 17.9 Å². The number of alkyl halides is 4. The molecular formula is C8H13F4N. The second kappa shape index (κ2) is 3.44. The van der Waals surface area contributed by atoms with E-state index in [1.54, 1.807) is 0 Å². The highest BCUT2D eigenvalue weighted by Gasteiger charge is 2.47. The van der Waals surface area contributed by atoms with Crippen molar-refractivity contribution in [2.24, 2.45) is 5.73 Å². The smallest absolute Gasteiger partial charge is 0.309 e. The van der Waals surface area contributed by atoms with Crippen LogP contribution in [0.15, 0.2) is 0 Å². The molecule has 78 valence electrons. The molecule has 0 aliphatic heterocycles. The van der Waals surface area contributed by atoms with E-state index in [1.165, 1.54) is 0 Å². The fraction of sp³-hybridized carbons (Fsp3) is 1.00. The highest BCUT2D eigenvalue weighted by molar-refractivity contribution is 4.94. The van der Waals surface area contributed by atoms with Crippen molar-refractivity contribution < 1.29 is 17.6 Å². The Morgan fingerprint density at radius 3 is 2.08 bits per heavy atom. The van der Waals surface area contributed by atoms with Crippen LogP contribution in [0.5, 0.6) is 0 Å². The molecule has 1 saturated carbocycles. The first-order valence-corrected chi connectivity index (χ1v) is 4.31. The van der Waals surface area contributed by atoms with Crippen LogP contribution >= 0.6 is 0 Å². The number of rotatable bonds is 3. The van der Waals surface area contributed by atoms with Gasteiger partial charge in [-0.25, -0.2) is 17.6 Å². The fourth-order valence-electron chi connectivity index (χ4n) is 1.80. The summed E-state index contributed by atoms with van der Waals surface area (Å²) in [7, 11) is 0. The van der Waals surface area contributed by atoms with Crippen LogP contribution in [0.3, 0.4) is 0 Å². The van der Waals surface area contributed by atoms with E-state index in [4.69, 9.17) is 5.73 Å². The molecule has 0 bridgehead atoms. The average Bonchev–Trinajstić information content (AvgIpc) is 2.34. The molecule has 1 aliphatic carbocycles. The maximum absolute atomic E-state index is 12.6. The van der Waals surface area contributed by atoms with Crippen LogP contribution in [-0.2, 0) is 0 Å². The maximum Gasteiger partial charge on any atom is 0.309 e. The molecule has 0 unspecified atom stereocenters. The Hall–Kier alpha value is -0.320. The molecule has 0 radical (unpaired) electrons. The lowest BCUT2D eigenvalue weighted by atomic mass is 9.91. The summed E-state index contributed by atoms with van der Waals surface area (Å²) in [4.78, 5) is 0. The Morgan fingerprint density at radius 1 is 1.23 bits per heavy atom. The number of halogens is 4. The zero-order chi connectivity index (χ0) is 10.1. The molecule has 5 heteroatoms. The van der Waals surface area contributed by atoms with E-state index in [0.29, 0.717) is 12.8 Å². The lowest BCUT2D eigenvalue weighted by molar-refractivity contribution is -0.142. The molecule has 0 saturated heterocycles. The third-order valence-electron chi connectivity index (χ3n) is 2.51. The van der Waals surface area contributed by atoms with Crippen LogP contribution in [0.1, 0.15) is 32.1 Å². The second-order valence-electron chi connectivity index (χ2n) is 3.81. The van der Waals surface area contributed by atoms with Crippen LogP contribution in [0, 0.1) is 0 Å². The summed E-state index contributed by atoms with van der Waals surface area (Å²) in [6.45, 7) is 0. The SMILES string of the molecule is NC1(CC(F)(F)C(F)F)CCCC1. The van der Waals surface area contributed by atoms with Crippen molar-refractivity contribution in [3.8, 4) is 0 Å². The van der Waals surface area contributed by atoms with Gasteiger partial charge in [-0.2, -0.15) is 0 Å². The van der Waals surface area contributed by atoms with Crippen molar-refractivity contribution in [2.45, 2.75) is 50.0 Å². The lowest BCUT2D eigenvalue weighted by Gasteiger charge is -2.28. The third kappa shape index (κ3) is 2.56. The van der Waals surface area contributed by atoms with E-state index in [-0.39, 0.29) is 0 Å². The normalized spacial score (nSPS) is 22.6. The second-order valence-corrected chi connectivity index (χ2v) is 3.81. The maximum atomic E-state index is 12.6. The molecule has 0 aromatic carbocycles. The predicted octanol–water partition coefficient (Wildman–Crippen LogP) is 2.55. The summed E-state index contributed by atoms with van der Waals surface area (Å²) in [5, 5.41) is 0. The fourth-order valence-corrected chi connectivity index (χ4v) is 1.80. The molecule has 0 heterocycles. The van der Waals surface area contributed by atoms with Gasteiger partial charge in [0, 0.05) is 12.0 Å². The highest BCUT2D eigenvalue weighted by atomic mass is 19.3. The summed E-state index contributed by atoms with van der Waals surface area (Å²) in [5.74, 6) is -3.93. The number of hydrogen-bond donors (Lipinski definition) is 1. The quantitative estimate of drug-likeness (QED) is 0.694. The van der Waals surface area contributed by atoms with Crippen LogP contribution in [0.25, 0.3) is 0 Å². The minimum absolute atomic E-state index is 0.426. The number of hydrogen-bond acceptors (Lipinski definition) is 1. The summed E-state index contributed by atoms with van der Waals surface area (Å²) >= 11 is 0. The van der Waals surface area contributed by atoms with Gasteiger partial charge in [0.2, 0.25) is 0 Å². The van der Waals surface area contributed by atoms with E-state index in [2.05, 4.69) is 0 Å². The van der Waals surface area contributed by atoms with Gasteiger partial charge in [-0.1, -0.05) is 12.8 Å². The van der Waals surface area contributed by atoms with E-state index < -0.39 is 24.3 Å². The van der Waals surface area contributed by atoms with Crippen molar-refractivity contribution in [1.82, 2.24) is 0 Å². The molecule has 1 nitrogen and oxygen atoms in total. The van der Waals surface area contributed by atoms with Crippen molar-refractivity contribution in [1.29, 1.82) is 0 Å². The summed E-state index contributed by atoms with van der Waals surface area (Å²) < 4.78 is 48.9. The number of nitrogens with two attached hydrogens (primary N) is 1. The van der Waals surface area contributed by atoms with E-state index >= 15 is 0 Å². The summed E-state index contributed by atoms with van der Waals surface area (Å²) in [5.41, 5.74) is 4.50. The Balaban J connectivity index is 2.56. The van der Waals surface area contributed by atoms with Crippen LogP contribution < -0.4 is 5.73 Å². The molecular weight excluding hydrogens is 186 g/mol. The molecule has 1 aliphatic rings. The predicted molar refractivity (Wildman–Crippen MR) is 41.0 cm³/mol. The Labute approximate surface area is 74.3 Å². The molecule has 0 amide bonds. The minimum atomic E-state index is -3.93. The average molecular weight is 199 g/mol. The topological polar surface area (TPSA) is 26.0 Å². The summed E-state index contributed by atoms with van der Waals surface area (Å²) in [6, 6.07) is 0. The van der Waals surface area contributed by atoms with Gasteiger partial charge in [-0.3, -0.25) is 0 Å². The zero-order valence-electron chi connectivity index (χ0n) is 7.20. The molecule has 0 atom stereocenters. The van der Waals surface area contributed by atoms with Gasteiger partial charge in [0.25, 0.3) is 0 Å². The molecule has 1 fully saturated rings. The van der Waals surface area contributed by atoms with Gasteiger partial charge in [0.05, 0.1) is 0 Å². The third-order valence-corrected chi connectivity index (χ3v) is 2.51. The van der Waals surface area contributed by atoms with Gasteiger partial charge >= 0.3 is 12.3 Å². The molecule has 13 heavy (non-hydrogen) atoms. The van der Waals surface area contributed by atoms with E-state index in [9.17, 15) is 17.6 Å². The van der Waals surface area contributed by atoms with Gasteiger partial charge in [0.1, 0.15) is 0 Å². The standard InChI is InChI=1S/C8H13F4N/c9-6(10)8(11,12)5-7(13)3-1-2-4-7/h6H,1-5,13H2. The summed E-state index contributed by atoms with van der Waals surface area (Å²) in [6.07, 6.45) is -2.12. The van der Waals surface area contributed by atoms with Gasteiger partial charge in [-0.15, -0.1) is 0 Å². The van der Waals surface area contributed by atoms with Crippen LogP contribution in [0.2, 0.25) is 0 Å².